The predicted molar refractivity (Wildman–Crippen MR) is 70.3 cm³/mol. The van der Waals surface area contributed by atoms with Crippen LogP contribution in [0.3, 0.4) is 0 Å². The lowest BCUT2D eigenvalue weighted by Crippen LogP contribution is -2.66. The van der Waals surface area contributed by atoms with E-state index in [0.717, 1.165) is 19.4 Å². The Kier molecular flexibility index (Phi) is 2.38. The number of urea groups is 1. The van der Waals surface area contributed by atoms with E-state index in [1.165, 1.54) is 5.56 Å². The first-order valence-electron chi connectivity index (χ1n) is 6.35. The van der Waals surface area contributed by atoms with Gasteiger partial charge in [-0.05, 0) is 32.5 Å². The van der Waals surface area contributed by atoms with Crippen molar-refractivity contribution in [2.45, 2.75) is 23.9 Å². The summed E-state index contributed by atoms with van der Waals surface area (Å²) in [4.78, 5) is 13.6. The molecule has 0 atom stereocenters. The molecule has 1 spiro atoms. The summed E-state index contributed by atoms with van der Waals surface area (Å²) in [7, 11) is 4.23. The van der Waals surface area contributed by atoms with Crippen LogP contribution in [0.15, 0.2) is 30.3 Å². The SMILES string of the molecule is CN(C)[C@]1(c2ccccc2)C[C@@]2(CNC(=O)N2)C1. The topological polar surface area (TPSA) is 44.4 Å². The molecule has 2 N–H and O–H groups in total. The van der Waals surface area contributed by atoms with Crippen LogP contribution in [0.2, 0.25) is 0 Å². The molecule has 2 aliphatic rings. The van der Waals surface area contributed by atoms with Crippen molar-refractivity contribution in [3.8, 4) is 0 Å². The highest BCUT2D eigenvalue weighted by molar-refractivity contribution is 5.78. The Labute approximate surface area is 107 Å². The van der Waals surface area contributed by atoms with E-state index in [2.05, 4.69) is 53.9 Å². The summed E-state index contributed by atoms with van der Waals surface area (Å²) in [5, 5.41) is 5.94. The molecule has 1 saturated heterocycles. The highest BCUT2D eigenvalue weighted by atomic mass is 16.2. The fourth-order valence-electron chi connectivity index (χ4n) is 3.39. The molecule has 2 fully saturated rings. The van der Waals surface area contributed by atoms with Gasteiger partial charge in [0.25, 0.3) is 0 Å². The van der Waals surface area contributed by atoms with E-state index in [0.29, 0.717) is 0 Å². The number of hydrogen-bond acceptors (Lipinski definition) is 2. The third-order valence-corrected chi connectivity index (χ3v) is 4.39. The second-order valence-corrected chi connectivity index (χ2v) is 5.73. The van der Waals surface area contributed by atoms with Crippen molar-refractivity contribution in [1.29, 1.82) is 0 Å². The van der Waals surface area contributed by atoms with Gasteiger partial charge in [0.1, 0.15) is 0 Å². The van der Waals surface area contributed by atoms with E-state index in [-0.39, 0.29) is 17.1 Å². The van der Waals surface area contributed by atoms with Crippen LogP contribution >= 0.6 is 0 Å². The van der Waals surface area contributed by atoms with E-state index in [1.807, 2.05) is 6.07 Å². The lowest BCUT2D eigenvalue weighted by atomic mass is 9.59. The number of amides is 2. The lowest BCUT2D eigenvalue weighted by molar-refractivity contribution is -0.0179. The number of hydrogen-bond donors (Lipinski definition) is 2. The molecule has 96 valence electrons. The zero-order valence-electron chi connectivity index (χ0n) is 10.9. The highest BCUT2D eigenvalue weighted by Crippen LogP contribution is 2.52. The molecule has 3 rings (SSSR count). The summed E-state index contributed by atoms with van der Waals surface area (Å²) < 4.78 is 0. The van der Waals surface area contributed by atoms with E-state index in [1.54, 1.807) is 0 Å². The molecule has 1 saturated carbocycles. The summed E-state index contributed by atoms with van der Waals surface area (Å²) in [5.41, 5.74) is 1.35. The van der Waals surface area contributed by atoms with Gasteiger partial charge in [-0.15, -0.1) is 0 Å². The molecule has 0 unspecified atom stereocenters. The molecule has 4 nitrogen and oxygen atoms in total. The second kappa shape index (κ2) is 3.72. The largest absolute Gasteiger partial charge is 0.336 e. The third-order valence-electron chi connectivity index (χ3n) is 4.39. The van der Waals surface area contributed by atoms with Crippen LogP contribution in [-0.4, -0.2) is 37.1 Å². The molecule has 1 aromatic rings. The smallest absolute Gasteiger partial charge is 0.315 e. The minimum atomic E-state index is -0.0444. The van der Waals surface area contributed by atoms with Crippen molar-refractivity contribution >= 4 is 6.03 Å². The molecule has 0 radical (unpaired) electrons. The standard InChI is InChI=1S/C14H19N3O/c1-17(2)14(11-6-4-3-5-7-11)8-13(9-14)10-15-12(18)16-13/h3-7H,8-10H2,1-2H3,(H2,15,16,18)/t13-,14+. The first-order valence-corrected chi connectivity index (χ1v) is 6.35. The van der Waals surface area contributed by atoms with Crippen LogP contribution in [0.25, 0.3) is 0 Å². The molecule has 1 aromatic carbocycles. The normalized spacial score (nSPS) is 34.3. The Bertz CT molecular complexity index is 463. The van der Waals surface area contributed by atoms with Crippen LogP contribution in [0.4, 0.5) is 4.79 Å². The fraction of sp³-hybridized carbons (Fsp3) is 0.500. The average molecular weight is 245 g/mol. The second-order valence-electron chi connectivity index (χ2n) is 5.73. The molecule has 0 aromatic heterocycles. The van der Waals surface area contributed by atoms with E-state index in [4.69, 9.17) is 0 Å². The van der Waals surface area contributed by atoms with Gasteiger partial charge >= 0.3 is 6.03 Å². The van der Waals surface area contributed by atoms with Crippen molar-refractivity contribution in [3.05, 3.63) is 35.9 Å². The number of benzene rings is 1. The average Bonchev–Trinajstić information content (AvgIpc) is 2.70. The van der Waals surface area contributed by atoms with Gasteiger partial charge < -0.3 is 10.6 Å². The minimum absolute atomic E-state index is 0.0320. The molecule has 1 heterocycles. The van der Waals surface area contributed by atoms with Crippen LogP contribution in [-0.2, 0) is 5.54 Å². The van der Waals surface area contributed by atoms with Gasteiger partial charge in [0.15, 0.2) is 0 Å². The van der Waals surface area contributed by atoms with Crippen LogP contribution in [0.5, 0.6) is 0 Å². The molecular formula is C14H19N3O. The summed E-state index contributed by atoms with van der Waals surface area (Å²) >= 11 is 0. The van der Waals surface area contributed by atoms with E-state index in [9.17, 15) is 4.79 Å². The van der Waals surface area contributed by atoms with Gasteiger partial charge in [0, 0.05) is 6.54 Å². The Morgan fingerprint density at radius 2 is 1.83 bits per heavy atom. The van der Waals surface area contributed by atoms with Crippen molar-refractivity contribution in [3.63, 3.8) is 0 Å². The van der Waals surface area contributed by atoms with Crippen LogP contribution in [0, 0.1) is 0 Å². The number of nitrogens with zero attached hydrogens (tertiary/aromatic N) is 1. The van der Waals surface area contributed by atoms with Crippen molar-refractivity contribution in [1.82, 2.24) is 15.5 Å². The minimum Gasteiger partial charge on any atom is -0.336 e. The van der Waals surface area contributed by atoms with Crippen LogP contribution < -0.4 is 10.6 Å². The Morgan fingerprint density at radius 1 is 1.17 bits per heavy atom. The van der Waals surface area contributed by atoms with Gasteiger partial charge in [-0.25, -0.2) is 4.79 Å². The predicted octanol–water partition coefficient (Wildman–Crippen LogP) is 1.29. The van der Waals surface area contributed by atoms with Gasteiger partial charge in [-0.1, -0.05) is 30.3 Å². The molecule has 1 aliphatic heterocycles. The van der Waals surface area contributed by atoms with E-state index < -0.39 is 0 Å². The summed E-state index contributed by atoms with van der Waals surface area (Å²) in [6.07, 6.45) is 1.94. The maximum absolute atomic E-state index is 11.3. The fourth-order valence-corrected chi connectivity index (χ4v) is 3.39. The quantitative estimate of drug-likeness (QED) is 0.824. The molecule has 2 amide bonds. The molecule has 18 heavy (non-hydrogen) atoms. The van der Waals surface area contributed by atoms with Gasteiger partial charge in [0.2, 0.25) is 0 Å². The lowest BCUT2D eigenvalue weighted by Gasteiger charge is -2.57. The number of carbonyl (C=O) groups excluding carboxylic acids is 1. The first-order chi connectivity index (χ1) is 8.56. The van der Waals surface area contributed by atoms with Crippen molar-refractivity contribution in [2.24, 2.45) is 0 Å². The first kappa shape index (κ1) is 11.5. The molecule has 4 heteroatoms. The molecular weight excluding hydrogens is 226 g/mol. The maximum atomic E-state index is 11.3. The summed E-state index contributed by atoms with van der Waals surface area (Å²) in [6.45, 7) is 0.744. The Morgan fingerprint density at radius 3 is 2.33 bits per heavy atom. The zero-order valence-corrected chi connectivity index (χ0v) is 10.9. The molecule has 1 aliphatic carbocycles. The van der Waals surface area contributed by atoms with Crippen molar-refractivity contribution < 1.29 is 4.79 Å². The summed E-state index contributed by atoms with van der Waals surface area (Å²) in [6, 6.07) is 10.5. The zero-order chi connectivity index (χ0) is 12.8. The van der Waals surface area contributed by atoms with Gasteiger partial charge in [-0.3, -0.25) is 4.90 Å². The van der Waals surface area contributed by atoms with Crippen molar-refractivity contribution in [2.75, 3.05) is 20.6 Å². The number of rotatable bonds is 2. The Hall–Kier alpha value is -1.55. The van der Waals surface area contributed by atoms with Gasteiger partial charge in [-0.2, -0.15) is 0 Å². The molecule has 0 bridgehead atoms. The number of nitrogens with one attached hydrogen (secondary N) is 2. The van der Waals surface area contributed by atoms with Crippen LogP contribution in [0.1, 0.15) is 18.4 Å². The Balaban J connectivity index is 1.87. The van der Waals surface area contributed by atoms with E-state index >= 15 is 0 Å². The highest BCUT2D eigenvalue weighted by Gasteiger charge is 2.59. The summed E-state index contributed by atoms with van der Waals surface area (Å²) in [5.74, 6) is 0. The monoisotopic (exact) mass is 245 g/mol. The third kappa shape index (κ3) is 1.52. The maximum Gasteiger partial charge on any atom is 0.315 e. The van der Waals surface area contributed by atoms with Gasteiger partial charge in [0.05, 0.1) is 11.1 Å². The number of carbonyl (C=O) groups is 1.